The van der Waals surface area contributed by atoms with Crippen molar-refractivity contribution in [3.63, 3.8) is 0 Å². The summed E-state index contributed by atoms with van der Waals surface area (Å²) >= 11 is 13.1. The van der Waals surface area contributed by atoms with Crippen molar-refractivity contribution >= 4 is 34.5 Å². The van der Waals surface area contributed by atoms with Gasteiger partial charge in [-0.05, 0) is 29.8 Å². The Kier molecular flexibility index (Phi) is 4.10. The number of ether oxygens (including phenoxy) is 1. The minimum Gasteiger partial charge on any atom is -0.488 e. The zero-order valence-electron chi connectivity index (χ0n) is 8.45. The van der Waals surface area contributed by atoms with E-state index < -0.39 is 0 Å². The fourth-order valence-electron chi connectivity index (χ4n) is 1.26. The molecule has 4 heteroatoms. The topological polar surface area (TPSA) is 9.23 Å². The molecule has 1 heterocycles. The van der Waals surface area contributed by atoms with Gasteiger partial charge in [0.15, 0.2) is 0 Å². The Hall–Kier alpha value is -0.700. The van der Waals surface area contributed by atoms with Gasteiger partial charge in [0.25, 0.3) is 0 Å². The smallest absolute Gasteiger partial charge is 0.122 e. The van der Waals surface area contributed by atoms with Gasteiger partial charge in [-0.2, -0.15) is 0 Å². The van der Waals surface area contributed by atoms with Crippen molar-refractivity contribution in [1.29, 1.82) is 0 Å². The predicted octanol–water partition coefficient (Wildman–Crippen LogP) is 4.72. The van der Waals surface area contributed by atoms with Gasteiger partial charge in [0.1, 0.15) is 12.4 Å². The van der Waals surface area contributed by atoms with Gasteiger partial charge < -0.3 is 4.74 Å². The lowest BCUT2D eigenvalue weighted by molar-refractivity contribution is 0.310. The molecule has 0 bridgehead atoms. The first kappa shape index (κ1) is 11.8. The van der Waals surface area contributed by atoms with E-state index in [0.29, 0.717) is 12.5 Å². The first-order chi connectivity index (χ1) is 7.78. The maximum Gasteiger partial charge on any atom is 0.122 e. The van der Waals surface area contributed by atoms with Crippen molar-refractivity contribution < 1.29 is 4.74 Å². The van der Waals surface area contributed by atoms with Crippen molar-refractivity contribution in [3.05, 3.63) is 51.2 Å². The molecule has 84 valence electrons. The highest BCUT2D eigenvalue weighted by molar-refractivity contribution is 7.16. The lowest BCUT2D eigenvalue weighted by Crippen LogP contribution is -1.92. The fraction of sp³-hybridized carbons (Fsp3) is 0.167. The summed E-state index contributed by atoms with van der Waals surface area (Å²) in [6, 6.07) is 11.6. The zero-order chi connectivity index (χ0) is 11.4. The van der Waals surface area contributed by atoms with Crippen LogP contribution in [0.4, 0.5) is 0 Å². The second-order valence-electron chi connectivity index (χ2n) is 3.27. The molecule has 0 aliphatic rings. The molecular weight excluding hydrogens is 263 g/mol. The molecule has 1 nitrogen and oxygen atoms in total. The van der Waals surface area contributed by atoms with E-state index in [1.54, 1.807) is 0 Å². The predicted molar refractivity (Wildman–Crippen MR) is 69.7 cm³/mol. The van der Waals surface area contributed by atoms with Crippen LogP contribution in [0, 0.1) is 0 Å². The molecule has 0 saturated carbocycles. The summed E-state index contributed by atoms with van der Waals surface area (Å²) in [5.74, 6) is 1.37. The van der Waals surface area contributed by atoms with E-state index in [1.807, 2.05) is 36.4 Å². The molecule has 2 aromatic rings. The monoisotopic (exact) mass is 272 g/mol. The minimum atomic E-state index is 0.529. The Morgan fingerprint density at radius 2 is 1.81 bits per heavy atom. The van der Waals surface area contributed by atoms with E-state index in [0.717, 1.165) is 20.5 Å². The standard InChI is InChI=1S/C12H10Cl2OS/c13-7-9-1-3-10(4-2-9)15-8-11-5-6-12(14)16-11/h1-6H,7-8H2. The van der Waals surface area contributed by atoms with E-state index in [-0.39, 0.29) is 0 Å². The van der Waals surface area contributed by atoms with E-state index in [4.69, 9.17) is 27.9 Å². The van der Waals surface area contributed by atoms with Crippen LogP contribution >= 0.6 is 34.5 Å². The molecule has 0 N–H and O–H groups in total. The highest BCUT2D eigenvalue weighted by Gasteiger charge is 1.99. The summed E-state index contributed by atoms with van der Waals surface area (Å²) in [7, 11) is 0. The van der Waals surface area contributed by atoms with E-state index in [9.17, 15) is 0 Å². The molecular formula is C12H10Cl2OS. The maximum absolute atomic E-state index is 5.83. The van der Waals surface area contributed by atoms with Crippen LogP contribution in [0.25, 0.3) is 0 Å². The summed E-state index contributed by atoms with van der Waals surface area (Å²) < 4.78 is 6.40. The molecule has 0 aliphatic heterocycles. The van der Waals surface area contributed by atoms with Gasteiger partial charge in [-0.25, -0.2) is 0 Å². The summed E-state index contributed by atoms with van der Waals surface area (Å²) in [5, 5.41) is 0. The van der Waals surface area contributed by atoms with Crippen LogP contribution in [0.2, 0.25) is 4.34 Å². The van der Waals surface area contributed by atoms with Crippen molar-refractivity contribution in [2.45, 2.75) is 12.5 Å². The van der Waals surface area contributed by atoms with Crippen LogP contribution in [0.15, 0.2) is 36.4 Å². The molecule has 1 aromatic carbocycles. The Labute approximate surface area is 109 Å². The second kappa shape index (κ2) is 5.58. The maximum atomic E-state index is 5.83. The molecule has 0 radical (unpaired) electrons. The number of hydrogen-bond donors (Lipinski definition) is 0. The molecule has 0 unspecified atom stereocenters. The van der Waals surface area contributed by atoms with Gasteiger partial charge in [0.2, 0.25) is 0 Å². The molecule has 16 heavy (non-hydrogen) atoms. The molecule has 0 atom stereocenters. The highest BCUT2D eigenvalue weighted by atomic mass is 35.5. The van der Waals surface area contributed by atoms with E-state index in [2.05, 4.69) is 0 Å². The van der Waals surface area contributed by atoms with Gasteiger partial charge in [-0.3, -0.25) is 0 Å². The van der Waals surface area contributed by atoms with Crippen LogP contribution in [-0.2, 0) is 12.5 Å². The van der Waals surface area contributed by atoms with Crippen LogP contribution in [0.5, 0.6) is 5.75 Å². The third kappa shape index (κ3) is 3.14. The van der Waals surface area contributed by atoms with Crippen LogP contribution in [0.3, 0.4) is 0 Å². The van der Waals surface area contributed by atoms with Crippen LogP contribution in [-0.4, -0.2) is 0 Å². The number of rotatable bonds is 4. The summed E-state index contributed by atoms with van der Waals surface area (Å²) in [6.07, 6.45) is 0. The van der Waals surface area contributed by atoms with Crippen LogP contribution < -0.4 is 4.74 Å². The summed E-state index contributed by atoms with van der Waals surface area (Å²) in [4.78, 5) is 1.12. The van der Waals surface area contributed by atoms with E-state index >= 15 is 0 Å². The molecule has 0 aliphatic carbocycles. The average molecular weight is 273 g/mol. The largest absolute Gasteiger partial charge is 0.488 e. The minimum absolute atomic E-state index is 0.529. The highest BCUT2D eigenvalue weighted by Crippen LogP contribution is 2.23. The van der Waals surface area contributed by atoms with Crippen molar-refractivity contribution in [2.75, 3.05) is 0 Å². The Balaban J connectivity index is 1.94. The van der Waals surface area contributed by atoms with Crippen molar-refractivity contribution in [3.8, 4) is 5.75 Å². The van der Waals surface area contributed by atoms with Gasteiger partial charge in [0.05, 0.1) is 4.34 Å². The van der Waals surface area contributed by atoms with Gasteiger partial charge in [-0.15, -0.1) is 22.9 Å². The first-order valence-corrected chi connectivity index (χ1v) is 6.53. The molecule has 2 rings (SSSR count). The number of hydrogen-bond acceptors (Lipinski definition) is 2. The Bertz CT molecular complexity index is 450. The summed E-state index contributed by atoms with van der Waals surface area (Å²) in [6.45, 7) is 0.553. The number of halogens is 2. The normalized spacial score (nSPS) is 10.4. The summed E-state index contributed by atoms with van der Waals surface area (Å²) in [5.41, 5.74) is 1.09. The van der Waals surface area contributed by atoms with Crippen molar-refractivity contribution in [2.24, 2.45) is 0 Å². The molecule has 0 amide bonds. The second-order valence-corrected chi connectivity index (χ2v) is 5.34. The first-order valence-electron chi connectivity index (χ1n) is 4.80. The molecule has 0 fully saturated rings. The number of alkyl halides is 1. The Morgan fingerprint density at radius 3 is 2.38 bits per heavy atom. The van der Waals surface area contributed by atoms with Gasteiger partial charge in [-0.1, -0.05) is 23.7 Å². The lowest BCUT2D eigenvalue weighted by atomic mass is 10.2. The quantitative estimate of drug-likeness (QED) is 0.732. The van der Waals surface area contributed by atoms with Gasteiger partial charge in [0, 0.05) is 10.8 Å². The molecule has 0 spiro atoms. The van der Waals surface area contributed by atoms with Crippen LogP contribution in [0.1, 0.15) is 10.4 Å². The number of benzene rings is 1. The third-order valence-corrected chi connectivity index (χ3v) is 3.60. The molecule has 1 aromatic heterocycles. The fourth-order valence-corrected chi connectivity index (χ4v) is 2.44. The van der Waals surface area contributed by atoms with Gasteiger partial charge >= 0.3 is 0 Å². The molecule has 0 saturated heterocycles. The zero-order valence-corrected chi connectivity index (χ0v) is 10.8. The Morgan fingerprint density at radius 1 is 1.06 bits per heavy atom. The number of thiophene rings is 1. The average Bonchev–Trinajstić information content (AvgIpc) is 2.73. The van der Waals surface area contributed by atoms with Crippen molar-refractivity contribution in [1.82, 2.24) is 0 Å². The van der Waals surface area contributed by atoms with E-state index in [1.165, 1.54) is 11.3 Å². The SMILES string of the molecule is ClCc1ccc(OCc2ccc(Cl)s2)cc1. The third-order valence-electron chi connectivity index (χ3n) is 2.09. The lowest BCUT2D eigenvalue weighted by Gasteiger charge is -2.04.